The molecule has 39 heavy (non-hydrogen) atoms. The van der Waals surface area contributed by atoms with Crippen molar-refractivity contribution in [1.82, 2.24) is 14.3 Å². The molecule has 0 atom stereocenters. The monoisotopic (exact) mass is 567 g/mol. The first-order valence-corrected chi connectivity index (χ1v) is 14.2. The lowest BCUT2D eigenvalue weighted by Gasteiger charge is -2.37. The lowest BCUT2D eigenvalue weighted by atomic mass is 10.2. The fourth-order valence-electron chi connectivity index (χ4n) is 4.79. The Morgan fingerprint density at radius 3 is 2.54 bits per heavy atom. The average molecular weight is 568 g/mol. The van der Waals surface area contributed by atoms with Crippen LogP contribution in [0.1, 0.15) is 24.5 Å². The maximum Gasteiger partial charge on any atom is 0.267 e. The van der Waals surface area contributed by atoms with Gasteiger partial charge in [-0.25, -0.2) is 9.37 Å². The van der Waals surface area contributed by atoms with Gasteiger partial charge in [0.15, 0.2) is 0 Å². The number of benzene rings is 1. The minimum absolute atomic E-state index is 0.206. The van der Waals surface area contributed by atoms with Gasteiger partial charge in [0, 0.05) is 57.8 Å². The molecule has 1 amide bonds. The van der Waals surface area contributed by atoms with E-state index in [2.05, 4.69) is 9.80 Å². The molecule has 0 spiro atoms. The number of hydrogen-bond donors (Lipinski definition) is 0. The second-order valence-electron chi connectivity index (χ2n) is 9.37. The Kier molecular flexibility index (Phi) is 8.29. The highest BCUT2D eigenvalue weighted by Crippen LogP contribution is 2.34. The van der Waals surface area contributed by atoms with Crippen LogP contribution in [0.2, 0.25) is 0 Å². The number of rotatable bonds is 8. The van der Waals surface area contributed by atoms with Gasteiger partial charge < -0.3 is 14.5 Å². The van der Waals surface area contributed by atoms with Gasteiger partial charge in [0.25, 0.3) is 11.5 Å². The molecule has 1 aromatic carbocycles. The number of nitrogens with zero attached hydrogens (tertiary/aromatic N) is 5. The first kappa shape index (κ1) is 27.3. The molecule has 2 aliphatic rings. The second kappa shape index (κ2) is 11.8. The molecule has 5 rings (SSSR count). The van der Waals surface area contributed by atoms with E-state index in [-0.39, 0.29) is 17.3 Å². The summed E-state index contributed by atoms with van der Waals surface area (Å²) in [5.41, 5.74) is 2.54. The molecule has 0 bridgehead atoms. The van der Waals surface area contributed by atoms with Crippen LogP contribution in [0, 0.1) is 12.7 Å². The van der Waals surface area contributed by atoms with Gasteiger partial charge in [0.1, 0.15) is 21.6 Å². The summed E-state index contributed by atoms with van der Waals surface area (Å²) in [6.07, 6.45) is 4.02. The van der Waals surface area contributed by atoms with Crippen molar-refractivity contribution >= 4 is 57.4 Å². The van der Waals surface area contributed by atoms with E-state index < -0.39 is 0 Å². The number of anilines is 2. The van der Waals surface area contributed by atoms with Crippen LogP contribution in [0.3, 0.4) is 0 Å². The van der Waals surface area contributed by atoms with Crippen molar-refractivity contribution in [3.8, 4) is 0 Å². The van der Waals surface area contributed by atoms with Crippen LogP contribution < -0.4 is 15.4 Å². The Bertz CT molecular complexity index is 1480. The third-order valence-electron chi connectivity index (χ3n) is 6.86. The van der Waals surface area contributed by atoms with Crippen LogP contribution in [0.25, 0.3) is 11.7 Å². The number of pyridine rings is 1. The van der Waals surface area contributed by atoms with E-state index in [1.807, 2.05) is 26.0 Å². The smallest absolute Gasteiger partial charge is 0.267 e. The van der Waals surface area contributed by atoms with Crippen molar-refractivity contribution in [2.45, 2.75) is 20.3 Å². The van der Waals surface area contributed by atoms with Crippen LogP contribution >= 0.6 is 24.0 Å². The van der Waals surface area contributed by atoms with Gasteiger partial charge in [0.05, 0.1) is 10.5 Å². The van der Waals surface area contributed by atoms with Gasteiger partial charge in [0.2, 0.25) is 0 Å². The van der Waals surface area contributed by atoms with Crippen molar-refractivity contribution in [3.05, 3.63) is 74.8 Å². The Morgan fingerprint density at radius 2 is 1.82 bits per heavy atom. The molecule has 0 unspecified atom stereocenters. The minimum atomic E-state index is -0.266. The Labute approximate surface area is 236 Å². The van der Waals surface area contributed by atoms with Gasteiger partial charge in [-0.2, -0.15) is 0 Å². The first-order chi connectivity index (χ1) is 18.9. The summed E-state index contributed by atoms with van der Waals surface area (Å²) < 4.78 is 20.8. The number of fused-ring (bicyclic) bond motifs is 1. The molecule has 2 aromatic heterocycles. The maximum atomic E-state index is 13.8. The third kappa shape index (κ3) is 5.70. The molecule has 0 N–H and O–H groups in total. The maximum absolute atomic E-state index is 13.8. The molecule has 2 saturated heterocycles. The van der Waals surface area contributed by atoms with Crippen LogP contribution in [-0.4, -0.2) is 70.4 Å². The molecule has 8 nitrogen and oxygen atoms in total. The molecular weight excluding hydrogens is 537 g/mol. The quantitative estimate of drug-likeness (QED) is 0.229. The number of aryl methyl sites for hydroxylation is 1. The zero-order valence-corrected chi connectivity index (χ0v) is 23.6. The Hall–Kier alpha value is -3.28. The average Bonchev–Trinajstić information content (AvgIpc) is 3.20. The predicted octanol–water partition coefficient (Wildman–Crippen LogP) is 4.10. The molecule has 11 heteroatoms. The van der Waals surface area contributed by atoms with E-state index in [0.29, 0.717) is 78.6 Å². The summed E-state index contributed by atoms with van der Waals surface area (Å²) in [6, 6.07) is 10.2. The molecule has 204 valence electrons. The number of thioether (sulfide) groups is 1. The van der Waals surface area contributed by atoms with Crippen molar-refractivity contribution in [1.29, 1.82) is 0 Å². The Morgan fingerprint density at radius 1 is 1.10 bits per heavy atom. The number of carbonyl (C=O) groups excluding carboxylic acids is 1. The molecule has 0 radical (unpaired) electrons. The summed E-state index contributed by atoms with van der Waals surface area (Å²) in [4.78, 5) is 38.2. The number of piperazine rings is 1. The van der Waals surface area contributed by atoms with Crippen LogP contribution in [0.5, 0.6) is 0 Å². The number of hydrogen-bond acceptors (Lipinski definition) is 8. The zero-order chi connectivity index (χ0) is 27.5. The fourth-order valence-corrected chi connectivity index (χ4v) is 6.08. The first-order valence-electron chi connectivity index (χ1n) is 13.0. The van der Waals surface area contributed by atoms with E-state index >= 15 is 0 Å². The normalized spacial score (nSPS) is 17.2. The summed E-state index contributed by atoms with van der Waals surface area (Å²) in [7, 11) is 0. The van der Waals surface area contributed by atoms with Crippen molar-refractivity contribution in [2.75, 3.05) is 55.7 Å². The number of halogens is 1. The molecule has 4 heterocycles. The number of aromatic nitrogens is 2. The van der Waals surface area contributed by atoms with Crippen LogP contribution in [-0.2, 0) is 9.53 Å². The van der Waals surface area contributed by atoms with E-state index in [1.54, 1.807) is 29.3 Å². The molecular formula is C28H30FN5O3S2. The van der Waals surface area contributed by atoms with Crippen molar-refractivity contribution in [2.24, 2.45) is 0 Å². The lowest BCUT2D eigenvalue weighted by Crippen LogP contribution is -2.47. The lowest BCUT2D eigenvalue weighted by molar-refractivity contribution is -0.122. The molecule has 0 aliphatic carbocycles. The topological polar surface area (TPSA) is 70.4 Å². The van der Waals surface area contributed by atoms with E-state index in [4.69, 9.17) is 21.9 Å². The molecule has 2 fully saturated rings. The summed E-state index contributed by atoms with van der Waals surface area (Å²) in [6.45, 7) is 8.09. The fraction of sp³-hybridized carbons (Fsp3) is 0.357. The highest BCUT2D eigenvalue weighted by Gasteiger charge is 2.33. The van der Waals surface area contributed by atoms with Gasteiger partial charge >= 0.3 is 0 Å². The highest BCUT2D eigenvalue weighted by molar-refractivity contribution is 8.26. The summed E-state index contributed by atoms with van der Waals surface area (Å²) in [5.74, 6) is 0.0786. The number of thiocarbonyl (C=S) groups is 1. The summed E-state index contributed by atoms with van der Waals surface area (Å²) >= 11 is 6.70. The minimum Gasteiger partial charge on any atom is -0.382 e. The van der Waals surface area contributed by atoms with Gasteiger partial charge in [-0.1, -0.05) is 30.0 Å². The Balaban J connectivity index is 1.47. The summed E-state index contributed by atoms with van der Waals surface area (Å²) in [5, 5.41) is 0. The second-order valence-corrected chi connectivity index (χ2v) is 11.0. The SMILES string of the molecule is CCOCCCN1C(=O)C(=Cc2c(N3CCN(c4ccc(F)cc4)CC3)nc3c(C)cccn3c2=O)SC1=S. The molecule has 2 aliphatic heterocycles. The number of carbonyl (C=O) groups is 1. The van der Waals surface area contributed by atoms with Gasteiger partial charge in [-0.05, 0) is 62.2 Å². The van der Waals surface area contributed by atoms with Gasteiger partial charge in [-0.3, -0.25) is 18.9 Å². The van der Waals surface area contributed by atoms with Crippen molar-refractivity contribution < 1.29 is 13.9 Å². The van der Waals surface area contributed by atoms with Gasteiger partial charge in [-0.15, -0.1) is 0 Å². The standard InChI is InChI=1S/C28H30FN5O3S2/c1-3-37-17-5-12-34-27(36)23(39-28(34)38)18-22-25(30-24-19(2)6-4-11-33(24)26(22)35)32-15-13-31(14-16-32)21-9-7-20(29)8-10-21/h4,6-11,18H,3,5,12-17H2,1-2H3. The van der Waals surface area contributed by atoms with Crippen LogP contribution in [0.4, 0.5) is 15.9 Å². The highest BCUT2D eigenvalue weighted by atomic mass is 32.2. The molecule has 3 aromatic rings. The van der Waals surface area contributed by atoms with E-state index in [1.165, 1.54) is 28.3 Å². The third-order valence-corrected chi connectivity index (χ3v) is 8.24. The largest absolute Gasteiger partial charge is 0.382 e. The predicted molar refractivity (Wildman–Crippen MR) is 158 cm³/mol. The zero-order valence-electron chi connectivity index (χ0n) is 21.9. The number of ether oxygens (including phenoxy) is 1. The van der Waals surface area contributed by atoms with E-state index in [9.17, 15) is 14.0 Å². The number of amides is 1. The molecule has 0 saturated carbocycles. The van der Waals surface area contributed by atoms with Crippen LogP contribution in [0.15, 0.2) is 52.3 Å². The van der Waals surface area contributed by atoms with E-state index in [0.717, 1.165) is 11.3 Å². The van der Waals surface area contributed by atoms with Crippen molar-refractivity contribution in [3.63, 3.8) is 0 Å².